The first-order valence-corrected chi connectivity index (χ1v) is 9.85. The second-order valence-electron chi connectivity index (χ2n) is 7.15. The summed E-state index contributed by atoms with van der Waals surface area (Å²) in [6.45, 7) is 0.474. The van der Waals surface area contributed by atoms with Crippen LogP contribution in [0.1, 0.15) is 36.3 Å². The SMILES string of the molecule is NC(=O)NCCCC[C@H](NC(=O)OCC1c2ccccc2-c2ccccc21)C(=O)O. The number of carboxylic acid groups (broad SMARTS) is 1. The Morgan fingerprint density at radius 3 is 2.17 bits per heavy atom. The van der Waals surface area contributed by atoms with Crippen LogP contribution in [0.4, 0.5) is 9.59 Å². The van der Waals surface area contributed by atoms with Crippen molar-refractivity contribution in [2.75, 3.05) is 13.2 Å². The fourth-order valence-corrected chi connectivity index (χ4v) is 3.72. The summed E-state index contributed by atoms with van der Waals surface area (Å²) in [6, 6.07) is 14.3. The highest BCUT2D eigenvalue weighted by molar-refractivity contribution is 5.81. The molecular weight excluding hydrogens is 386 g/mol. The second-order valence-corrected chi connectivity index (χ2v) is 7.15. The molecule has 3 rings (SSSR count). The third-order valence-corrected chi connectivity index (χ3v) is 5.15. The van der Waals surface area contributed by atoms with Crippen molar-refractivity contribution in [3.05, 3.63) is 59.7 Å². The van der Waals surface area contributed by atoms with Crippen molar-refractivity contribution in [2.24, 2.45) is 5.73 Å². The van der Waals surface area contributed by atoms with Crippen LogP contribution in [0.3, 0.4) is 0 Å². The van der Waals surface area contributed by atoms with Crippen LogP contribution < -0.4 is 16.4 Å². The minimum absolute atomic E-state index is 0.0914. The zero-order chi connectivity index (χ0) is 21.5. The van der Waals surface area contributed by atoms with E-state index in [2.05, 4.69) is 10.6 Å². The van der Waals surface area contributed by atoms with Gasteiger partial charge in [-0.25, -0.2) is 14.4 Å². The van der Waals surface area contributed by atoms with Crippen molar-refractivity contribution in [3.8, 4) is 11.1 Å². The van der Waals surface area contributed by atoms with Crippen LogP contribution in [-0.4, -0.2) is 42.4 Å². The molecule has 1 aliphatic rings. The van der Waals surface area contributed by atoms with Crippen LogP contribution in [0.15, 0.2) is 48.5 Å². The van der Waals surface area contributed by atoms with Gasteiger partial charge in [-0.2, -0.15) is 0 Å². The largest absolute Gasteiger partial charge is 0.480 e. The Morgan fingerprint density at radius 2 is 1.60 bits per heavy atom. The number of amides is 3. The predicted molar refractivity (Wildman–Crippen MR) is 111 cm³/mol. The van der Waals surface area contributed by atoms with E-state index in [0.29, 0.717) is 19.4 Å². The Hall–Kier alpha value is -3.55. The molecule has 30 heavy (non-hydrogen) atoms. The number of nitrogens with one attached hydrogen (secondary N) is 2. The normalized spacial score (nSPS) is 13.1. The summed E-state index contributed by atoms with van der Waals surface area (Å²) in [5, 5.41) is 14.2. The number of ether oxygens (including phenoxy) is 1. The smallest absolute Gasteiger partial charge is 0.407 e. The van der Waals surface area contributed by atoms with Gasteiger partial charge in [-0.3, -0.25) is 0 Å². The molecule has 0 aromatic heterocycles. The number of carbonyl (C=O) groups excluding carboxylic acids is 2. The van der Waals surface area contributed by atoms with E-state index in [0.717, 1.165) is 22.3 Å². The molecule has 3 amide bonds. The molecule has 0 fully saturated rings. The summed E-state index contributed by atoms with van der Waals surface area (Å²) in [6.07, 6.45) is 0.513. The molecule has 0 saturated carbocycles. The predicted octanol–water partition coefficient (Wildman–Crippen LogP) is 2.82. The summed E-state index contributed by atoms with van der Waals surface area (Å²) in [4.78, 5) is 34.3. The molecule has 0 radical (unpaired) electrons. The number of unbranched alkanes of at least 4 members (excludes halogenated alkanes) is 1. The molecule has 2 aromatic rings. The van der Waals surface area contributed by atoms with Gasteiger partial charge in [0.25, 0.3) is 0 Å². The van der Waals surface area contributed by atoms with E-state index in [-0.39, 0.29) is 18.9 Å². The Morgan fingerprint density at radius 1 is 1.00 bits per heavy atom. The lowest BCUT2D eigenvalue weighted by atomic mass is 9.98. The summed E-state index contributed by atoms with van der Waals surface area (Å²) in [7, 11) is 0. The average Bonchev–Trinajstić information content (AvgIpc) is 3.04. The van der Waals surface area contributed by atoms with Crippen LogP contribution in [0.2, 0.25) is 0 Å². The molecule has 0 spiro atoms. The van der Waals surface area contributed by atoms with Crippen molar-refractivity contribution in [3.63, 3.8) is 0 Å². The Balaban J connectivity index is 1.54. The number of carbonyl (C=O) groups is 3. The zero-order valence-electron chi connectivity index (χ0n) is 16.5. The van der Waals surface area contributed by atoms with Gasteiger partial charge >= 0.3 is 18.1 Å². The summed E-state index contributed by atoms with van der Waals surface area (Å²) in [5.41, 5.74) is 9.39. The Bertz CT molecular complexity index is 885. The lowest BCUT2D eigenvalue weighted by molar-refractivity contribution is -0.139. The number of carboxylic acids is 1. The minimum Gasteiger partial charge on any atom is -0.480 e. The maximum absolute atomic E-state index is 12.2. The van der Waals surface area contributed by atoms with Gasteiger partial charge in [-0.15, -0.1) is 0 Å². The first-order valence-electron chi connectivity index (χ1n) is 9.85. The quantitative estimate of drug-likeness (QED) is 0.471. The number of hydrogen-bond acceptors (Lipinski definition) is 4. The molecule has 8 heteroatoms. The van der Waals surface area contributed by atoms with Crippen molar-refractivity contribution in [1.82, 2.24) is 10.6 Å². The van der Waals surface area contributed by atoms with Gasteiger partial charge in [0.1, 0.15) is 12.6 Å². The molecule has 1 atom stereocenters. The molecule has 2 aromatic carbocycles. The molecule has 0 bridgehead atoms. The highest BCUT2D eigenvalue weighted by Crippen LogP contribution is 2.44. The van der Waals surface area contributed by atoms with Gasteiger partial charge in [-0.1, -0.05) is 48.5 Å². The van der Waals surface area contributed by atoms with Gasteiger partial charge in [0.05, 0.1) is 0 Å². The van der Waals surface area contributed by atoms with E-state index in [1.807, 2.05) is 48.5 Å². The number of rotatable bonds is 9. The Kier molecular flexibility index (Phi) is 6.90. The van der Waals surface area contributed by atoms with E-state index in [1.165, 1.54) is 0 Å². The molecule has 1 aliphatic carbocycles. The lowest BCUT2D eigenvalue weighted by Crippen LogP contribution is -2.41. The van der Waals surface area contributed by atoms with Crippen LogP contribution >= 0.6 is 0 Å². The standard InChI is InChI=1S/C22H25N3O5/c23-21(28)24-12-6-5-11-19(20(26)27)25-22(29)30-13-18-16-9-3-1-7-14(16)15-8-2-4-10-17(15)18/h1-4,7-10,18-19H,5-6,11-13H2,(H,25,29)(H,26,27)(H3,23,24,28)/t19-/m0/s1. The first-order chi connectivity index (χ1) is 14.5. The van der Waals surface area contributed by atoms with Gasteiger partial charge in [0, 0.05) is 12.5 Å². The number of nitrogens with two attached hydrogens (primary N) is 1. The van der Waals surface area contributed by atoms with E-state index in [4.69, 9.17) is 10.5 Å². The van der Waals surface area contributed by atoms with Gasteiger partial charge in [-0.05, 0) is 41.5 Å². The third-order valence-electron chi connectivity index (χ3n) is 5.15. The monoisotopic (exact) mass is 411 g/mol. The molecule has 158 valence electrons. The number of primary amides is 1. The Labute approximate surface area is 174 Å². The second kappa shape index (κ2) is 9.78. The van der Waals surface area contributed by atoms with E-state index in [1.54, 1.807) is 0 Å². The van der Waals surface area contributed by atoms with E-state index in [9.17, 15) is 19.5 Å². The highest BCUT2D eigenvalue weighted by Gasteiger charge is 2.29. The molecule has 0 unspecified atom stereocenters. The van der Waals surface area contributed by atoms with Crippen molar-refractivity contribution in [2.45, 2.75) is 31.2 Å². The molecular formula is C22H25N3O5. The maximum atomic E-state index is 12.2. The van der Waals surface area contributed by atoms with E-state index >= 15 is 0 Å². The number of benzene rings is 2. The van der Waals surface area contributed by atoms with Gasteiger partial charge < -0.3 is 26.2 Å². The number of hydrogen-bond donors (Lipinski definition) is 4. The number of urea groups is 1. The average molecular weight is 411 g/mol. The lowest BCUT2D eigenvalue weighted by Gasteiger charge is -2.17. The van der Waals surface area contributed by atoms with E-state index < -0.39 is 24.1 Å². The van der Waals surface area contributed by atoms with Gasteiger partial charge in [0.15, 0.2) is 0 Å². The molecule has 0 aliphatic heterocycles. The summed E-state index contributed by atoms with van der Waals surface area (Å²) in [5.74, 6) is -1.22. The third kappa shape index (κ3) is 5.08. The van der Waals surface area contributed by atoms with Crippen LogP contribution in [0.25, 0.3) is 11.1 Å². The first kappa shape index (κ1) is 21.2. The van der Waals surface area contributed by atoms with Crippen LogP contribution in [0.5, 0.6) is 0 Å². The number of aliphatic carboxylic acids is 1. The topological polar surface area (TPSA) is 131 Å². The van der Waals surface area contributed by atoms with Crippen LogP contribution in [-0.2, 0) is 9.53 Å². The molecule has 0 heterocycles. The zero-order valence-corrected chi connectivity index (χ0v) is 16.5. The molecule has 0 saturated heterocycles. The van der Waals surface area contributed by atoms with Crippen molar-refractivity contribution < 1.29 is 24.2 Å². The maximum Gasteiger partial charge on any atom is 0.407 e. The highest BCUT2D eigenvalue weighted by atomic mass is 16.5. The van der Waals surface area contributed by atoms with Crippen molar-refractivity contribution >= 4 is 18.1 Å². The molecule has 8 nitrogen and oxygen atoms in total. The van der Waals surface area contributed by atoms with Gasteiger partial charge in [0.2, 0.25) is 0 Å². The number of alkyl carbamates (subject to hydrolysis) is 1. The number of fused-ring (bicyclic) bond motifs is 3. The fourth-order valence-electron chi connectivity index (χ4n) is 3.72. The van der Waals surface area contributed by atoms with Crippen molar-refractivity contribution in [1.29, 1.82) is 0 Å². The molecule has 5 N–H and O–H groups in total. The minimum atomic E-state index is -1.13. The summed E-state index contributed by atoms with van der Waals surface area (Å²) < 4.78 is 5.39. The fraction of sp³-hybridized carbons (Fsp3) is 0.318. The van der Waals surface area contributed by atoms with Crippen LogP contribution in [0, 0.1) is 0 Å². The summed E-state index contributed by atoms with van der Waals surface area (Å²) >= 11 is 0.